The molecule has 0 atom stereocenters. The van der Waals surface area contributed by atoms with Gasteiger partial charge in [-0.3, -0.25) is 4.79 Å². The molecule has 0 saturated heterocycles. The SMILES string of the molecule is O=C(Nc1ccc(Cl)cc1)c1cc2occc2n1Cc1cccc(F)c1. The van der Waals surface area contributed by atoms with E-state index in [-0.39, 0.29) is 11.7 Å². The third-order valence-corrected chi connectivity index (χ3v) is 4.34. The Balaban J connectivity index is 1.69. The van der Waals surface area contributed by atoms with Crippen LogP contribution < -0.4 is 5.32 Å². The van der Waals surface area contributed by atoms with E-state index >= 15 is 0 Å². The maximum atomic E-state index is 13.5. The second-order valence-corrected chi connectivity index (χ2v) is 6.31. The van der Waals surface area contributed by atoms with Crippen LogP contribution in [0.5, 0.6) is 0 Å². The Hall–Kier alpha value is -3.05. The Labute approximate surface area is 153 Å². The molecule has 0 saturated carbocycles. The van der Waals surface area contributed by atoms with Crippen molar-refractivity contribution in [2.45, 2.75) is 6.54 Å². The number of furan rings is 1. The fourth-order valence-corrected chi connectivity index (χ4v) is 3.01. The van der Waals surface area contributed by atoms with Gasteiger partial charge in [0.1, 0.15) is 11.5 Å². The van der Waals surface area contributed by atoms with E-state index in [1.165, 1.54) is 12.1 Å². The van der Waals surface area contributed by atoms with Gasteiger partial charge in [-0.05, 0) is 42.0 Å². The van der Waals surface area contributed by atoms with E-state index in [1.807, 2.05) is 6.07 Å². The summed E-state index contributed by atoms with van der Waals surface area (Å²) >= 11 is 5.87. The first-order valence-electron chi connectivity index (χ1n) is 7.98. The van der Waals surface area contributed by atoms with Crippen molar-refractivity contribution in [2.75, 3.05) is 5.32 Å². The predicted molar refractivity (Wildman–Crippen MR) is 99.1 cm³/mol. The van der Waals surface area contributed by atoms with Crippen LogP contribution in [0.15, 0.2) is 71.3 Å². The van der Waals surface area contributed by atoms with Gasteiger partial charge in [0, 0.05) is 29.4 Å². The van der Waals surface area contributed by atoms with Crippen LogP contribution in [0.1, 0.15) is 16.1 Å². The van der Waals surface area contributed by atoms with Crippen molar-refractivity contribution in [1.82, 2.24) is 4.57 Å². The van der Waals surface area contributed by atoms with E-state index in [1.54, 1.807) is 53.3 Å². The average Bonchev–Trinajstić information content (AvgIpc) is 3.20. The summed E-state index contributed by atoms with van der Waals surface area (Å²) in [6, 6.07) is 16.6. The monoisotopic (exact) mass is 368 g/mol. The molecule has 6 heteroatoms. The lowest BCUT2D eigenvalue weighted by molar-refractivity contribution is 0.101. The molecule has 2 aromatic heterocycles. The number of halogens is 2. The van der Waals surface area contributed by atoms with Gasteiger partial charge in [0.25, 0.3) is 5.91 Å². The van der Waals surface area contributed by atoms with Gasteiger partial charge in [0.15, 0.2) is 5.58 Å². The number of nitrogens with zero attached hydrogens (tertiary/aromatic N) is 1. The molecular formula is C20H14ClFN2O2. The van der Waals surface area contributed by atoms with Crippen LogP contribution in [0.4, 0.5) is 10.1 Å². The lowest BCUT2D eigenvalue weighted by atomic mass is 10.2. The molecule has 0 radical (unpaired) electrons. The summed E-state index contributed by atoms with van der Waals surface area (Å²) < 4.78 is 20.7. The van der Waals surface area contributed by atoms with Crippen molar-refractivity contribution in [3.63, 3.8) is 0 Å². The first-order valence-corrected chi connectivity index (χ1v) is 8.36. The summed E-state index contributed by atoms with van der Waals surface area (Å²) in [5.74, 6) is -0.597. The molecule has 0 fully saturated rings. The van der Waals surface area contributed by atoms with E-state index in [0.29, 0.717) is 28.5 Å². The quantitative estimate of drug-likeness (QED) is 0.529. The highest BCUT2D eigenvalue weighted by molar-refractivity contribution is 6.30. The Morgan fingerprint density at radius 2 is 1.92 bits per heavy atom. The molecular weight excluding hydrogens is 355 g/mol. The molecule has 0 unspecified atom stereocenters. The topological polar surface area (TPSA) is 47.2 Å². The normalized spacial score (nSPS) is 11.0. The van der Waals surface area contributed by atoms with Crippen LogP contribution in [-0.2, 0) is 6.54 Å². The molecule has 4 aromatic rings. The highest BCUT2D eigenvalue weighted by Gasteiger charge is 2.18. The molecule has 0 aliphatic heterocycles. The molecule has 1 amide bonds. The van der Waals surface area contributed by atoms with Crippen LogP contribution in [-0.4, -0.2) is 10.5 Å². The highest BCUT2D eigenvalue weighted by Crippen LogP contribution is 2.24. The standard InChI is InChI=1S/C20H14ClFN2O2/c21-14-4-6-16(7-5-14)23-20(25)18-11-19-17(8-9-26-19)24(18)12-13-2-1-3-15(22)10-13/h1-11H,12H2,(H,23,25). The molecule has 0 bridgehead atoms. The van der Waals surface area contributed by atoms with E-state index in [0.717, 1.165) is 11.1 Å². The average molecular weight is 369 g/mol. The van der Waals surface area contributed by atoms with Gasteiger partial charge < -0.3 is 14.3 Å². The first-order chi connectivity index (χ1) is 12.6. The third kappa shape index (κ3) is 3.21. The number of fused-ring (bicyclic) bond motifs is 1. The number of amides is 1. The van der Waals surface area contributed by atoms with Gasteiger partial charge >= 0.3 is 0 Å². The predicted octanol–water partition coefficient (Wildman–Crippen LogP) is 5.33. The number of carbonyl (C=O) groups excluding carboxylic acids is 1. The number of carbonyl (C=O) groups is 1. The third-order valence-electron chi connectivity index (χ3n) is 4.09. The van der Waals surface area contributed by atoms with E-state index in [4.69, 9.17) is 16.0 Å². The van der Waals surface area contributed by atoms with Crippen molar-refractivity contribution in [1.29, 1.82) is 0 Å². The highest BCUT2D eigenvalue weighted by atomic mass is 35.5. The summed E-state index contributed by atoms with van der Waals surface area (Å²) in [6.07, 6.45) is 1.56. The zero-order valence-corrected chi connectivity index (χ0v) is 14.3. The number of rotatable bonds is 4. The van der Waals surface area contributed by atoms with Crippen LogP contribution in [0.2, 0.25) is 5.02 Å². The molecule has 0 spiro atoms. The van der Waals surface area contributed by atoms with E-state index < -0.39 is 0 Å². The molecule has 4 nitrogen and oxygen atoms in total. The Kier molecular flexibility index (Phi) is 4.22. The molecule has 130 valence electrons. The summed E-state index contributed by atoms with van der Waals surface area (Å²) in [5.41, 5.74) is 3.19. The Bertz CT molecular complexity index is 1080. The van der Waals surface area contributed by atoms with Crippen LogP contribution in [0, 0.1) is 5.82 Å². The number of hydrogen-bond acceptors (Lipinski definition) is 2. The number of aromatic nitrogens is 1. The maximum Gasteiger partial charge on any atom is 0.272 e. The maximum absolute atomic E-state index is 13.5. The first kappa shape index (κ1) is 16.4. The van der Waals surface area contributed by atoms with Gasteiger partial charge in [-0.2, -0.15) is 0 Å². The Morgan fingerprint density at radius 3 is 2.69 bits per heavy atom. The van der Waals surface area contributed by atoms with Gasteiger partial charge in [-0.1, -0.05) is 23.7 Å². The summed E-state index contributed by atoms with van der Waals surface area (Å²) in [4.78, 5) is 12.8. The lowest BCUT2D eigenvalue weighted by Crippen LogP contribution is -2.17. The summed E-state index contributed by atoms with van der Waals surface area (Å²) in [6.45, 7) is 0.351. The zero-order valence-electron chi connectivity index (χ0n) is 13.6. The smallest absolute Gasteiger partial charge is 0.272 e. The number of anilines is 1. The second kappa shape index (κ2) is 6.69. The van der Waals surface area contributed by atoms with Crippen LogP contribution >= 0.6 is 11.6 Å². The molecule has 0 aliphatic carbocycles. The summed E-state index contributed by atoms with van der Waals surface area (Å²) in [7, 11) is 0. The van der Waals surface area contributed by atoms with Crippen molar-refractivity contribution in [3.8, 4) is 0 Å². The second-order valence-electron chi connectivity index (χ2n) is 5.88. The number of benzene rings is 2. The van der Waals surface area contributed by atoms with Gasteiger partial charge in [-0.25, -0.2) is 4.39 Å². The fourth-order valence-electron chi connectivity index (χ4n) is 2.88. The molecule has 26 heavy (non-hydrogen) atoms. The largest absolute Gasteiger partial charge is 0.463 e. The Morgan fingerprint density at radius 1 is 1.12 bits per heavy atom. The van der Waals surface area contributed by atoms with Crippen molar-refractivity contribution >= 4 is 34.3 Å². The molecule has 2 aromatic carbocycles. The minimum absolute atomic E-state index is 0.282. The molecule has 1 N–H and O–H groups in total. The van der Waals surface area contributed by atoms with Gasteiger partial charge in [0.2, 0.25) is 0 Å². The van der Waals surface area contributed by atoms with Crippen LogP contribution in [0.3, 0.4) is 0 Å². The van der Waals surface area contributed by atoms with Crippen molar-refractivity contribution in [2.24, 2.45) is 0 Å². The summed E-state index contributed by atoms with van der Waals surface area (Å²) in [5, 5.41) is 3.43. The molecule has 0 aliphatic rings. The number of hydrogen-bond donors (Lipinski definition) is 1. The molecule has 4 rings (SSSR count). The fraction of sp³-hybridized carbons (Fsp3) is 0.0500. The van der Waals surface area contributed by atoms with Gasteiger partial charge in [-0.15, -0.1) is 0 Å². The van der Waals surface area contributed by atoms with E-state index in [2.05, 4.69) is 5.32 Å². The minimum atomic E-state index is -0.315. The van der Waals surface area contributed by atoms with Gasteiger partial charge in [0.05, 0.1) is 11.8 Å². The number of nitrogens with one attached hydrogen (secondary N) is 1. The van der Waals surface area contributed by atoms with Crippen molar-refractivity contribution in [3.05, 3.63) is 89.0 Å². The van der Waals surface area contributed by atoms with Crippen LogP contribution in [0.25, 0.3) is 11.1 Å². The molecule has 2 heterocycles. The minimum Gasteiger partial charge on any atom is -0.463 e. The lowest BCUT2D eigenvalue weighted by Gasteiger charge is -2.11. The van der Waals surface area contributed by atoms with Crippen molar-refractivity contribution < 1.29 is 13.6 Å². The van der Waals surface area contributed by atoms with E-state index in [9.17, 15) is 9.18 Å². The zero-order chi connectivity index (χ0) is 18.1.